The van der Waals surface area contributed by atoms with Crippen LogP contribution in [0.4, 0.5) is 0 Å². The molecule has 3 rings (SSSR count). The van der Waals surface area contributed by atoms with E-state index in [9.17, 15) is 4.79 Å². The summed E-state index contributed by atoms with van der Waals surface area (Å²) in [6.45, 7) is 0.473. The molecule has 0 saturated heterocycles. The number of carbonyl (C=O) groups is 1. The van der Waals surface area contributed by atoms with Crippen molar-refractivity contribution in [3.63, 3.8) is 0 Å². The van der Waals surface area contributed by atoms with Crippen molar-refractivity contribution in [2.24, 2.45) is 11.7 Å². The fourth-order valence-electron chi connectivity index (χ4n) is 3.14. The predicted octanol–water partition coefficient (Wildman–Crippen LogP) is 1.30. The molecule has 1 atom stereocenters. The van der Waals surface area contributed by atoms with Crippen molar-refractivity contribution < 1.29 is 4.79 Å². The van der Waals surface area contributed by atoms with Crippen LogP contribution < -0.4 is 11.1 Å². The van der Waals surface area contributed by atoms with Crippen LogP contribution in [0.3, 0.4) is 0 Å². The Morgan fingerprint density at radius 3 is 2.78 bits per heavy atom. The topological polar surface area (TPSA) is 98.7 Å². The molecule has 2 aromatic heterocycles. The molecule has 7 nitrogen and oxygen atoms in total. The second kappa shape index (κ2) is 7.32. The summed E-state index contributed by atoms with van der Waals surface area (Å²) in [6, 6.07) is 3.54. The first kappa shape index (κ1) is 15.6. The highest BCUT2D eigenvalue weighted by molar-refractivity contribution is 5.94. The first-order chi connectivity index (χ1) is 11.3. The highest BCUT2D eigenvalue weighted by Gasteiger charge is 2.24. The molecule has 3 N–H and O–H groups in total. The SMILES string of the molecule is NCC(NC(=O)c1ccc(-n2cncn2)nc1)C1CCCCC1. The van der Waals surface area contributed by atoms with E-state index in [0.29, 0.717) is 23.8 Å². The van der Waals surface area contributed by atoms with Gasteiger partial charge in [0.2, 0.25) is 0 Å². The van der Waals surface area contributed by atoms with Gasteiger partial charge >= 0.3 is 0 Å². The van der Waals surface area contributed by atoms with Gasteiger partial charge in [-0.25, -0.2) is 14.6 Å². The summed E-state index contributed by atoms with van der Waals surface area (Å²) in [5.74, 6) is 0.991. The zero-order chi connectivity index (χ0) is 16.1. The van der Waals surface area contributed by atoms with Gasteiger partial charge in [-0.3, -0.25) is 4.79 Å². The number of rotatable bonds is 5. The van der Waals surface area contributed by atoms with Gasteiger partial charge in [0.05, 0.1) is 5.56 Å². The van der Waals surface area contributed by atoms with Crippen LogP contribution in [0.5, 0.6) is 0 Å². The molecule has 2 aromatic rings. The minimum absolute atomic E-state index is 0.0396. The van der Waals surface area contributed by atoms with E-state index in [1.54, 1.807) is 29.3 Å². The molecule has 122 valence electrons. The number of amides is 1. The van der Waals surface area contributed by atoms with Crippen molar-refractivity contribution in [1.82, 2.24) is 25.1 Å². The quantitative estimate of drug-likeness (QED) is 0.866. The van der Waals surface area contributed by atoms with Gasteiger partial charge < -0.3 is 11.1 Å². The molecule has 0 bridgehead atoms. The van der Waals surface area contributed by atoms with Gasteiger partial charge in [0.25, 0.3) is 5.91 Å². The Bertz CT molecular complexity index is 619. The fraction of sp³-hybridized carbons (Fsp3) is 0.500. The predicted molar refractivity (Wildman–Crippen MR) is 86.0 cm³/mol. The summed E-state index contributed by atoms with van der Waals surface area (Å²) < 4.78 is 1.55. The summed E-state index contributed by atoms with van der Waals surface area (Å²) in [4.78, 5) is 20.5. The van der Waals surface area contributed by atoms with Crippen LogP contribution >= 0.6 is 0 Å². The Morgan fingerprint density at radius 1 is 1.35 bits per heavy atom. The molecular weight excluding hydrogens is 292 g/mol. The number of hydrogen-bond donors (Lipinski definition) is 2. The van der Waals surface area contributed by atoms with E-state index in [2.05, 4.69) is 20.4 Å². The Balaban J connectivity index is 1.65. The third-order valence-electron chi connectivity index (χ3n) is 4.45. The van der Waals surface area contributed by atoms with E-state index in [-0.39, 0.29) is 11.9 Å². The van der Waals surface area contributed by atoms with Gasteiger partial charge in [-0.15, -0.1) is 0 Å². The third kappa shape index (κ3) is 3.73. The van der Waals surface area contributed by atoms with Crippen molar-refractivity contribution in [2.45, 2.75) is 38.1 Å². The molecule has 1 saturated carbocycles. The van der Waals surface area contributed by atoms with Gasteiger partial charge in [0.15, 0.2) is 5.82 Å². The number of nitrogens with zero attached hydrogens (tertiary/aromatic N) is 4. The maximum absolute atomic E-state index is 12.4. The molecule has 1 aliphatic carbocycles. The molecule has 23 heavy (non-hydrogen) atoms. The normalized spacial score (nSPS) is 16.9. The number of nitrogens with two attached hydrogens (primary N) is 1. The van der Waals surface area contributed by atoms with Crippen LogP contribution in [0.2, 0.25) is 0 Å². The molecule has 0 spiro atoms. The molecule has 1 fully saturated rings. The summed E-state index contributed by atoms with van der Waals surface area (Å²) in [7, 11) is 0. The maximum atomic E-state index is 12.4. The lowest BCUT2D eigenvalue weighted by Crippen LogP contribution is -2.45. The summed E-state index contributed by atoms with van der Waals surface area (Å²) in [5.41, 5.74) is 6.40. The van der Waals surface area contributed by atoms with Crippen molar-refractivity contribution in [1.29, 1.82) is 0 Å². The Labute approximate surface area is 135 Å². The van der Waals surface area contributed by atoms with Crippen molar-refractivity contribution in [3.05, 3.63) is 36.5 Å². The van der Waals surface area contributed by atoms with E-state index in [1.165, 1.54) is 25.6 Å². The lowest BCUT2D eigenvalue weighted by molar-refractivity contribution is 0.0915. The van der Waals surface area contributed by atoms with Crippen LogP contribution in [0.1, 0.15) is 42.5 Å². The lowest BCUT2D eigenvalue weighted by atomic mass is 9.84. The number of hydrogen-bond acceptors (Lipinski definition) is 5. The Hall–Kier alpha value is -2.28. The summed E-state index contributed by atoms with van der Waals surface area (Å²) in [5, 5.41) is 7.08. The summed E-state index contributed by atoms with van der Waals surface area (Å²) >= 11 is 0. The van der Waals surface area contributed by atoms with E-state index < -0.39 is 0 Å². The first-order valence-electron chi connectivity index (χ1n) is 8.10. The molecule has 7 heteroatoms. The van der Waals surface area contributed by atoms with Crippen molar-refractivity contribution in [2.75, 3.05) is 6.54 Å². The number of nitrogens with one attached hydrogen (secondary N) is 1. The van der Waals surface area contributed by atoms with Gasteiger partial charge in [-0.1, -0.05) is 19.3 Å². The lowest BCUT2D eigenvalue weighted by Gasteiger charge is -2.30. The first-order valence-corrected chi connectivity index (χ1v) is 8.10. The molecule has 1 aliphatic rings. The van der Waals surface area contributed by atoms with Crippen LogP contribution in [0, 0.1) is 5.92 Å². The maximum Gasteiger partial charge on any atom is 0.253 e. The minimum atomic E-state index is -0.122. The van der Waals surface area contributed by atoms with Crippen molar-refractivity contribution >= 4 is 5.91 Å². The Morgan fingerprint density at radius 2 is 2.17 bits per heavy atom. The number of aromatic nitrogens is 4. The van der Waals surface area contributed by atoms with E-state index in [4.69, 9.17) is 5.73 Å². The third-order valence-corrected chi connectivity index (χ3v) is 4.45. The van der Waals surface area contributed by atoms with Gasteiger partial charge in [0, 0.05) is 18.8 Å². The number of pyridine rings is 1. The van der Waals surface area contributed by atoms with Gasteiger partial charge in [0.1, 0.15) is 12.7 Å². The van der Waals surface area contributed by atoms with Crippen molar-refractivity contribution in [3.8, 4) is 5.82 Å². The average molecular weight is 314 g/mol. The Kier molecular flexibility index (Phi) is 4.97. The second-order valence-electron chi connectivity index (χ2n) is 5.96. The smallest absolute Gasteiger partial charge is 0.253 e. The zero-order valence-electron chi connectivity index (χ0n) is 13.1. The molecule has 1 amide bonds. The molecular formula is C16H22N6O. The fourth-order valence-corrected chi connectivity index (χ4v) is 3.14. The van der Waals surface area contributed by atoms with Gasteiger partial charge in [-0.05, 0) is 30.9 Å². The van der Waals surface area contributed by atoms with E-state index in [1.807, 2.05) is 0 Å². The highest BCUT2D eigenvalue weighted by atomic mass is 16.1. The van der Waals surface area contributed by atoms with Crippen LogP contribution in [0.25, 0.3) is 5.82 Å². The molecule has 0 aliphatic heterocycles. The standard InChI is InChI=1S/C16H22N6O/c17-8-14(12-4-2-1-3-5-12)21-16(23)13-6-7-15(19-9-13)22-11-18-10-20-22/h6-7,9-12,14H,1-5,8,17H2,(H,21,23). The van der Waals surface area contributed by atoms with Gasteiger partial charge in [-0.2, -0.15) is 5.10 Å². The zero-order valence-corrected chi connectivity index (χ0v) is 13.1. The average Bonchev–Trinajstić information content (AvgIpc) is 3.15. The molecule has 1 unspecified atom stereocenters. The second-order valence-corrected chi connectivity index (χ2v) is 5.96. The van der Waals surface area contributed by atoms with Crippen LogP contribution in [-0.4, -0.2) is 38.2 Å². The van der Waals surface area contributed by atoms with Crippen LogP contribution in [0.15, 0.2) is 31.0 Å². The van der Waals surface area contributed by atoms with E-state index >= 15 is 0 Å². The molecule has 0 radical (unpaired) electrons. The van der Waals surface area contributed by atoms with E-state index in [0.717, 1.165) is 12.8 Å². The minimum Gasteiger partial charge on any atom is -0.348 e. The highest BCUT2D eigenvalue weighted by Crippen LogP contribution is 2.26. The number of carbonyl (C=O) groups excluding carboxylic acids is 1. The monoisotopic (exact) mass is 314 g/mol. The molecule has 0 aromatic carbocycles. The molecule has 2 heterocycles. The largest absolute Gasteiger partial charge is 0.348 e. The van der Waals surface area contributed by atoms with Crippen LogP contribution in [-0.2, 0) is 0 Å². The summed E-state index contributed by atoms with van der Waals surface area (Å²) in [6.07, 6.45) is 10.6.